The van der Waals surface area contributed by atoms with E-state index in [0.717, 1.165) is 12.1 Å². The van der Waals surface area contributed by atoms with Crippen LogP contribution in [0.3, 0.4) is 0 Å². The van der Waals surface area contributed by atoms with Crippen LogP contribution in [-0.4, -0.2) is 17.5 Å². The Hall–Kier alpha value is -2.95. The van der Waals surface area contributed by atoms with E-state index in [2.05, 4.69) is 15.8 Å². The van der Waals surface area contributed by atoms with Gasteiger partial charge in [0.25, 0.3) is 0 Å². The number of rotatable bonds is 5. The Morgan fingerprint density at radius 2 is 1.52 bits per heavy atom. The van der Waals surface area contributed by atoms with Gasteiger partial charge in [-0.05, 0) is 37.5 Å². The second kappa shape index (κ2) is 8.48. The number of aryl methyl sites for hydroxylation is 1. The molecule has 2 aromatic rings. The Morgan fingerprint density at radius 3 is 2.17 bits per heavy atom. The lowest BCUT2D eigenvalue weighted by Crippen LogP contribution is -2.32. The van der Waals surface area contributed by atoms with Crippen molar-refractivity contribution in [2.45, 2.75) is 19.8 Å². The second-order valence-electron chi connectivity index (χ2n) is 5.09. The van der Waals surface area contributed by atoms with E-state index < -0.39 is 11.8 Å². The third kappa shape index (κ3) is 5.74. The van der Waals surface area contributed by atoms with Crippen LogP contribution in [0.4, 0.5) is 5.69 Å². The van der Waals surface area contributed by atoms with E-state index in [9.17, 15) is 9.59 Å². The van der Waals surface area contributed by atoms with Gasteiger partial charge in [-0.3, -0.25) is 9.59 Å². The van der Waals surface area contributed by atoms with E-state index in [-0.39, 0.29) is 0 Å². The van der Waals surface area contributed by atoms with Gasteiger partial charge in [-0.25, -0.2) is 5.43 Å². The van der Waals surface area contributed by atoms with Crippen LogP contribution in [0.15, 0.2) is 65.8 Å². The summed E-state index contributed by atoms with van der Waals surface area (Å²) in [5.74, 6) is -1.52. The Bertz CT molecular complexity index is 682. The van der Waals surface area contributed by atoms with Gasteiger partial charge in [0.15, 0.2) is 0 Å². The third-order valence-corrected chi connectivity index (χ3v) is 3.20. The lowest BCUT2D eigenvalue weighted by Gasteiger charge is -2.05. The molecule has 0 fully saturated rings. The largest absolute Gasteiger partial charge is 0.329 e. The van der Waals surface area contributed by atoms with Crippen molar-refractivity contribution >= 4 is 23.2 Å². The van der Waals surface area contributed by atoms with Crippen LogP contribution in [0.1, 0.15) is 18.9 Å². The summed E-state index contributed by atoms with van der Waals surface area (Å²) in [7, 11) is 0. The number of carbonyl (C=O) groups excluding carboxylic acids is 2. The van der Waals surface area contributed by atoms with Crippen LogP contribution in [0.25, 0.3) is 0 Å². The quantitative estimate of drug-likeness (QED) is 0.506. The van der Waals surface area contributed by atoms with Crippen molar-refractivity contribution in [3.8, 4) is 0 Å². The van der Waals surface area contributed by atoms with Gasteiger partial charge < -0.3 is 5.32 Å². The summed E-state index contributed by atoms with van der Waals surface area (Å²) in [6, 6.07) is 18.8. The van der Waals surface area contributed by atoms with Crippen molar-refractivity contribution < 1.29 is 9.59 Å². The van der Waals surface area contributed by atoms with Crippen LogP contribution >= 0.6 is 0 Å². The average Bonchev–Trinajstić information content (AvgIpc) is 2.59. The molecule has 2 N–H and O–H groups in total. The maximum absolute atomic E-state index is 11.7. The molecular formula is C18H19N3O2. The number of hydrazone groups is 1. The Morgan fingerprint density at radius 1 is 0.913 bits per heavy atom. The topological polar surface area (TPSA) is 70.6 Å². The number of para-hydroxylation sites is 1. The highest BCUT2D eigenvalue weighted by molar-refractivity contribution is 6.39. The highest BCUT2D eigenvalue weighted by atomic mass is 16.2. The predicted molar refractivity (Wildman–Crippen MR) is 91.1 cm³/mol. The average molecular weight is 309 g/mol. The smallest absolute Gasteiger partial charge is 0.318 e. The molecule has 0 unspecified atom stereocenters. The van der Waals surface area contributed by atoms with E-state index in [0.29, 0.717) is 12.1 Å². The minimum atomic E-state index is -0.784. The highest BCUT2D eigenvalue weighted by Gasteiger charge is 2.12. The molecule has 5 heteroatoms. The Balaban J connectivity index is 1.79. The van der Waals surface area contributed by atoms with Gasteiger partial charge in [0, 0.05) is 11.4 Å². The van der Waals surface area contributed by atoms with Gasteiger partial charge in [0.2, 0.25) is 0 Å². The molecular weight excluding hydrogens is 290 g/mol. The number of hydrogen-bond donors (Lipinski definition) is 2. The molecule has 0 bridgehead atoms. The summed E-state index contributed by atoms with van der Waals surface area (Å²) >= 11 is 0. The zero-order valence-electron chi connectivity index (χ0n) is 13.0. The van der Waals surface area contributed by atoms with Crippen molar-refractivity contribution in [2.24, 2.45) is 5.10 Å². The molecule has 0 saturated heterocycles. The van der Waals surface area contributed by atoms with Crippen molar-refractivity contribution in [3.63, 3.8) is 0 Å². The van der Waals surface area contributed by atoms with Crippen LogP contribution < -0.4 is 10.7 Å². The molecule has 0 atom stereocenters. The number of amides is 2. The first-order valence-electron chi connectivity index (χ1n) is 7.38. The molecule has 0 aromatic heterocycles. The summed E-state index contributed by atoms with van der Waals surface area (Å²) in [4.78, 5) is 23.4. The second-order valence-corrected chi connectivity index (χ2v) is 5.09. The lowest BCUT2D eigenvalue weighted by molar-refractivity contribution is -0.136. The van der Waals surface area contributed by atoms with E-state index in [1.807, 2.05) is 43.3 Å². The highest BCUT2D eigenvalue weighted by Crippen LogP contribution is 2.05. The van der Waals surface area contributed by atoms with E-state index >= 15 is 0 Å². The third-order valence-electron chi connectivity index (χ3n) is 3.20. The van der Waals surface area contributed by atoms with Crippen molar-refractivity contribution in [3.05, 3.63) is 66.2 Å². The molecule has 0 saturated carbocycles. The maximum Gasteiger partial charge on any atom is 0.329 e. The molecule has 2 aromatic carbocycles. The molecule has 5 nitrogen and oxygen atoms in total. The lowest BCUT2D eigenvalue weighted by atomic mass is 10.1. The van der Waals surface area contributed by atoms with E-state index in [1.54, 1.807) is 24.3 Å². The van der Waals surface area contributed by atoms with Crippen LogP contribution in [-0.2, 0) is 16.0 Å². The standard InChI is InChI=1S/C18H19N3O2/c1-14(12-13-15-8-4-2-5-9-15)20-21-18(23)17(22)19-16-10-6-3-7-11-16/h2-11H,12-13H2,1H3,(H,19,22)(H,21,23)/b20-14+. The maximum atomic E-state index is 11.7. The van der Waals surface area contributed by atoms with E-state index in [4.69, 9.17) is 0 Å². The zero-order valence-corrected chi connectivity index (χ0v) is 13.0. The summed E-state index contributed by atoms with van der Waals surface area (Å²) < 4.78 is 0. The Labute approximate surface area is 135 Å². The zero-order chi connectivity index (χ0) is 16.5. The predicted octanol–water partition coefficient (Wildman–Crippen LogP) is 2.75. The van der Waals surface area contributed by atoms with E-state index in [1.165, 1.54) is 5.56 Å². The van der Waals surface area contributed by atoms with Gasteiger partial charge in [-0.15, -0.1) is 0 Å². The van der Waals surface area contributed by atoms with Crippen LogP contribution in [0, 0.1) is 0 Å². The molecule has 0 spiro atoms. The normalized spacial score (nSPS) is 10.9. The van der Waals surface area contributed by atoms with Gasteiger partial charge in [0.1, 0.15) is 0 Å². The van der Waals surface area contributed by atoms with Crippen molar-refractivity contribution in [1.82, 2.24) is 5.43 Å². The van der Waals surface area contributed by atoms with Gasteiger partial charge in [-0.2, -0.15) is 5.10 Å². The molecule has 0 aliphatic rings. The first-order valence-corrected chi connectivity index (χ1v) is 7.38. The van der Waals surface area contributed by atoms with Crippen LogP contribution in [0.5, 0.6) is 0 Å². The number of benzene rings is 2. The molecule has 23 heavy (non-hydrogen) atoms. The number of nitrogens with one attached hydrogen (secondary N) is 2. The fraction of sp³-hybridized carbons (Fsp3) is 0.167. The molecule has 2 amide bonds. The minimum absolute atomic E-state index is 0.567. The minimum Gasteiger partial charge on any atom is -0.318 e. The van der Waals surface area contributed by atoms with Gasteiger partial charge in [0.05, 0.1) is 0 Å². The SMILES string of the molecule is C/C(CCc1ccccc1)=N\NC(=O)C(=O)Nc1ccccc1. The first-order chi connectivity index (χ1) is 11.1. The number of carbonyl (C=O) groups is 2. The molecule has 0 heterocycles. The van der Waals surface area contributed by atoms with Crippen LogP contribution in [0.2, 0.25) is 0 Å². The fourth-order valence-corrected chi connectivity index (χ4v) is 1.93. The van der Waals surface area contributed by atoms with Crippen molar-refractivity contribution in [1.29, 1.82) is 0 Å². The molecule has 0 aliphatic carbocycles. The molecule has 0 radical (unpaired) electrons. The number of hydrogen-bond acceptors (Lipinski definition) is 3. The molecule has 2 rings (SSSR count). The summed E-state index contributed by atoms with van der Waals surface area (Å²) in [6.07, 6.45) is 1.55. The monoisotopic (exact) mass is 309 g/mol. The van der Waals surface area contributed by atoms with Crippen molar-refractivity contribution in [2.75, 3.05) is 5.32 Å². The molecule has 118 valence electrons. The molecule has 0 aliphatic heterocycles. The van der Waals surface area contributed by atoms with Gasteiger partial charge in [-0.1, -0.05) is 48.5 Å². The van der Waals surface area contributed by atoms with Gasteiger partial charge >= 0.3 is 11.8 Å². The summed E-state index contributed by atoms with van der Waals surface area (Å²) in [5.41, 5.74) is 4.81. The summed E-state index contributed by atoms with van der Waals surface area (Å²) in [5, 5.41) is 6.46. The first kappa shape index (κ1) is 16.4. The summed E-state index contributed by atoms with van der Waals surface area (Å²) in [6.45, 7) is 1.82. The Kier molecular flexibility index (Phi) is 6.06. The number of nitrogens with zero attached hydrogens (tertiary/aromatic N) is 1. The number of anilines is 1. The fourth-order valence-electron chi connectivity index (χ4n) is 1.93.